The van der Waals surface area contributed by atoms with Gasteiger partial charge in [0.15, 0.2) is 0 Å². The average molecular weight is 298 g/mol. The van der Waals surface area contributed by atoms with Gasteiger partial charge >= 0.3 is 0 Å². The van der Waals surface area contributed by atoms with E-state index in [1.807, 2.05) is 6.92 Å². The molecule has 18 heavy (non-hydrogen) atoms. The Morgan fingerprint density at radius 3 is 2.39 bits per heavy atom. The van der Waals surface area contributed by atoms with Crippen LogP contribution in [0.15, 0.2) is 0 Å². The first-order valence-corrected chi connectivity index (χ1v) is 9.73. The smallest absolute Gasteiger partial charge is 0.211 e. The lowest BCUT2D eigenvalue weighted by molar-refractivity contribution is 0.504. The number of sulfone groups is 1. The molecule has 0 aliphatic carbocycles. The normalized spacial score (nSPS) is 20.9. The van der Waals surface area contributed by atoms with E-state index in [4.69, 9.17) is 0 Å². The minimum Gasteiger partial charge on any atom is -0.317 e. The van der Waals surface area contributed by atoms with E-state index in [0.29, 0.717) is 25.8 Å². The van der Waals surface area contributed by atoms with Gasteiger partial charge in [0.05, 0.1) is 17.3 Å². The second-order valence-electron chi connectivity index (χ2n) is 4.57. The largest absolute Gasteiger partial charge is 0.317 e. The number of sulfonamides is 1. The molecular formula is C10H22N2O4S2. The molecule has 1 saturated heterocycles. The van der Waals surface area contributed by atoms with Crippen LogP contribution in [-0.4, -0.2) is 53.2 Å². The van der Waals surface area contributed by atoms with Gasteiger partial charge in [0.25, 0.3) is 0 Å². The van der Waals surface area contributed by atoms with Crippen molar-refractivity contribution in [1.82, 2.24) is 10.0 Å². The van der Waals surface area contributed by atoms with Crippen LogP contribution in [0.4, 0.5) is 0 Å². The summed E-state index contributed by atoms with van der Waals surface area (Å²) in [6.45, 7) is 3.47. The molecule has 0 spiro atoms. The number of hydrogen-bond acceptors (Lipinski definition) is 5. The average Bonchev–Trinajstić information content (AvgIpc) is 2.27. The summed E-state index contributed by atoms with van der Waals surface area (Å²) >= 11 is 0. The van der Waals surface area contributed by atoms with Gasteiger partial charge in [-0.1, -0.05) is 6.92 Å². The molecule has 0 aromatic carbocycles. The molecule has 0 aromatic heterocycles. The van der Waals surface area contributed by atoms with Crippen LogP contribution in [-0.2, 0) is 19.9 Å². The van der Waals surface area contributed by atoms with E-state index in [9.17, 15) is 16.8 Å². The number of rotatable bonds is 7. The SMILES string of the molecule is CCNCCCS(=O)(=O)NC1CCS(=O)(=O)CC1. The van der Waals surface area contributed by atoms with Gasteiger partial charge in [-0.05, 0) is 32.4 Å². The highest BCUT2D eigenvalue weighted by Gasteiger charge is 2.26. The Morgan fingerprint density at radius 2 is 1.83 bits per heavy atom. The second kappa shape index (κ2) is 6.83. The molecule has 0 radical (unpaired) electrons. The molecule has 0 atom stereocenters. The van der Waals surface area contributed by atoms with Gasteiger partial charge in [0.2, 0.25) is 10.0 Å². The number of nitrogens with one attached hydrogen (secondary N) is 2. The monoisotopic (exact) mass is 298 g/mol. The molecule has 1 fully saturated rings. The Kier molecular flexibility index (Phi) is 6.03. The van der Waals surface area contributed by atoms with E-state index in [2.05, 4.69) is 10.0 Å². The van der Waals surface area contributed by atoms with Crippen LogP contribution < -0.4 is 10.0 Å². The maximum absolute atomic E-state index is 11.7. The predicted octanol–water partition coefficient (Wildman–Crippen LogP) is -0.517. The van der Waals surface area contributed by atoms with Crippen molar-refractivity contribution in [3.63, 3.8) is 0 Å². The lowest BCUT2D eigenvalue weighted by atomic mass is 10.2. The van der Waals surface area contributed by atoms with Crippen molar-refractivity contribution in [2.24, 2.45) is 0 Å². The van der Waals surface area contributed by atoms with Gasteiger partial charge in [-0.15, -0.1) is 0 Å². The molecule has 8 heteroatoms. The Morgan fingerprint density at radius 1 is 1.22 bits per heavy atom. The molecule has 0 bridgehead atoms. The topological polar surface area (TPSA) is 92.3 Å². The fourth-order valence-electron chi connectivity index (χ4n) is 1.88. The van der Waals surface area contributed by atoms with Crippen molar-refractivity contribution < 1.29 is 16.8 Å². The van der Waals surface area contributed by atoms with Crippen LogP contribution in [0.3, 0.4) is 0 Å². The third-order valence-corrected chi connectivity index (χ3v) is 6.15. The summed E-state index contributed by atoms with van der Waals surface area (Å²) in [6, 6.07) is -0.224. The molecular weight excluding hydrogens is 276 g/mol. The summed E-state index contributed by atoms with van der Waals surface area (Å²) in [5, 5.41) is 3.06. The van der Waals surface area contributed by atoms with Gasteiger partial charge < -0.3 is 5.32 Å². The summed E-state index contributed by atoms with van der Waals surface area (Å²) in [5.41, 5.74) is 0. The molecule has 2 N–H and O–H groups in total. The fourth-order valence-corrected chi connectivity index (χ4v) is 4.76. The molecule has 0 aromatic rings. The molecule has 1 aliphatic rings. The van der Waals surface area contributed by atoms with E-state index >= 15 is 0 Å². The van der Waals surface area contributed by atoms with Crippen molar-refractivity contribution in [2.75, 3.05) is 30.3 Å². The van der Waals surface area contributed by atoms with Gasteiger partial charge in [-0.2, -0.15) is 0 Å². The summed E-state index contributed by atoms with van der Waals surface area (Å²) < 4.78 is 48.5. The molecule has 0 unspecified atom stereocenters. The first-order chi connectivity index (χ1) is 8.35. The van der Waals surface area contributed by atoms with Crippen molar-refractivity contribution in [1.29, 1.82) is 0 Å². The predicted molar refractivity (Wildman–Crippen MR) is 71.8 cm³/mol. The number of hydrogen-bond donors (Lipinski definition) is 2. The zero-order valence-corrected chi connectivity index (χ0v) is 12.3. The third-order valence-electron chi connectivity index (χ3n) is 2.92. The van der Waals surface area contributed by atoms with Crippen LogP contribution >= 0.6 is 0 Å². The van der Waals surface area contributed by atoms with Crippen LogP contribution in [0.5, 0.6) is 0 Å². The van der Waals surface area contributed by atoms with Crippen molar-refractivity contribution >= 4 is 19.9 Å². The van der Waals surface area contributed by atoms with Crippen LogP contribution in [0.25, 0.3) is 0 Å². The van der Waals surface area contributed by atoms with E-state index < -0.39 is 19.9 Å². The Bertz CT molecular complexity index is 430. The molecule has 0 amide bonds. The van der Waals surface area contributed by atoms with Crippen molar-refractivity contribution in [3.8, 4) is 0 Å². The Hall–Kier alpha value is -0.180. The fraction of sp³-hybridized carbons (Fsp3) is 1.00. The van der Waals surface area contributed by atoms with Gasteiger partial charge in [0.1, 0.15) is 9.84 Å². The van der Waals surface area contributed by atoms with Gasteiger partial charge in [-0.3, -0.25) is 0 Å². The lowest BCUT2D eigenvalue weighted by Crippen LogP contribution is -2.42. The first kappa shape index (κ1) is 15.9. The first-order valence-electron chi connectivity index (χ1n) is 6.26. The maximum Gasteiger partial charge on any atom is 0.211 e. The Labute approximate surface area is 110 Å². The summed E-state index contributed by atoms with van der Waals surface area (Å²) in [5.74, 6) is 0.248. The quantitative estimate of drug-likeness (QED) is 0.617. The maximum atomic E-state index is 11.7. The highest BCUT2D eigenvalue weighted by Crippen LogP contribution is 2.13. The van der Waals surface area contributed by atoms with E-state index in [1.54, 1.807) is 0 Å². The summed E-state index contributed by atoms with van der Waals surface area (Å²) in [4.78, 5) is 0. The van der Waals surface area contributed by atoms with E-state index in [1.165, 1.54) is 0 Å². The highest BCUT2D eigenvalue weighted by molar-refractivity contribution is 7.91. The molecule has 1 rings (SSSR count). The van der Waals surface area contributed by atoms with Crippen LogP contribution in [0.1, 0.15) is 26.2 Å². The second-order valence-corrected chi connectivity index (χ2v) is 8.75. The highest BCUT2D eigenvalue weighted by atomic mass is 32.2. The minimum absolute atomic E-state index is 0.0809. The van der Waals surface area contributed by atoms with Gasteiger partial charge in [0, 0.05) is 6.04 Å². The summed E-state index contributed by atoms with van der Waals surface area (Å²) in [7, 11) is -6.22. The molecule has 1 heterocycles. The lowest BCUT2D eigenvalue weighted by Gasteiger charge is -2.22. The molecule has 0 saturated carbocycles. The van der Waals surface area contributed by atoms with Crippen molar-refractivity contribution in [2.45, 2.75) is 32.2 Å². The minimum atomic E-state index is -3.28. The van der Waals surface area contributed by atoms with Gasteiger partial charge in [-0.25, -0.2) is 21.6 Å². The standard InChI is InChI=1S/C10H22N2O4S2/c1-2-11-6-3-7-18(15,16)12-10-4-8-17(13,14)9-5-10/h10-12H,2-9H2,1H3. The Balaban J connectivity index is 2.33. The molecule has 6 nitrogen and oxygen atoms in total. The zero-order valence-electron chi connectivity index (χ0n) is 10.7. The zero-order chi connectivity index (χ0) is 13.6. The van der Waals surface area contributed by atoms with E-state index in [-0.39, 0.29) is 23.3 Å². The van der Waals surface area contributed by atoms with Crippen LogP contribution in [0.2, 0.25) is 0 Å². The molecule has 108 valence electrons. The molecule has 1 aliphatic heterocycles. The third kappa shape index (κ3) is 6.12. The van der Waals surface area contributed by atoms with E-state index in [0.717, 1.165) is 6.54 Å². The summed E-state index contributed by atoms with van der Waals surface area (Å²) in [6.07, 6.45) is 1.33. The van der Waals surface area contributed by atoms with Crippen molar-refractivity contribution in [3.05, 3.63) is 0 Å². The van der Waals surface area contributed by atoms with Crippen LogP contribution in [0, 0.1) is 0 Å².